The van der Waals surface area contributed by atoms with E-state index < -0.39 is 17.7 Å². The van der Waals surface area contributed by atoms with Crippen molar-refractivity contribution < 1.29 is 28.9 Å². The summed E-state index contributed by atoms with van der Waals surface area (Å²) >= 11 is 6.22. The summed E-state index contributed by atoms with van der Waals surface area (Å²) in [5, 5.41) is 11.7. The first kappa shape index (κ1) is 26.4. The fourth-order valence-corrected chi connectivity index (χ4v) is 4.38. The second kappa shape index (κ2) is 11.5. The van der Waals surface area contributed by atoms with Crippen LogP contribution in [0.4, 0.5) is 0 Å². The zero-order chi connectivity index (χ0) is 25.7. The maximum Gasteiger partial charge on any atom is 0.295 e. The maximum absolute atomic E-state index is 13.3. The third-order valence-electron chi connectivity index (χ3n) is 5.76. The van der Waals surface area contributed by atoms with Gasteiger partial charge in [0.05, 0.1) is 43.0 Å². The highest BCUT2D eigenvalue weighted by Crippen LogP contribution is 2.43. The van der Waals surface area contributed by atoms with Gasteiger partial charge in [0.15, 0.2) is 0 Å². The molecule has 188 valence electrons. The topological polar surface area (TPSA) is 88.5 Å². The van der Waals surface area contributed by atoms with E-state index in [9.17, 15) is 14.7 Å². The lowest BCUT2D eigenvalue weighted by Crippen LogP contribution is -2.32. The van der Waals surface area contributed by atoms with E-state index >= 15 is 0 Å². The van der Waals surface area contributed by atoms with Gasteiger partial charge in [-0.1, -0.05) is 23.7 Å². The first-order chi connectivity index (χ1) is 16.7. The lowest BCUT2D eigenvalue weighted by atomic mass is 9.94. The summed E-state index contributed by atoms with van der Waals surface area (Å²) in [6, 6.07) is 9.38. The highest BCUT2D eigenvalue weighted by molar-refractivity contribution is 6.46. The summed E-state index contributed by atoms with van der Waals surface area (Å²) in [7, 11) is 6.76. The van der Waals surface area contributed by atoms with Crippen LogP contribution < -0.4 is 14.2 Å². The third-order valence-corrected chi connectivity index (χ3v) is 6.05. The van der Waals surface area contributed by atoms with Crippen LogP contribution in [0, 0.1) is 0 Å². The molecule has 0 bridgehead atoms. The summed E-state index contributed by atoms with van der Waals surface area (Å²) in [6.07, 6.45) is 0.653. The minimum absolute atomic E-state index is 0.0313. The van der Waals surface area contributed by atoms with Gasteiger partial charge in [-0.05, 0) is 57.7 Å². The van der Waals surface area contributed by atoms with Gasteiger partial charge < -0.3 is 29.1 Å². The van der Waals surface area contributed by atoms with Crippen molar-refractivity contribution in [2.24, 2.45) is 0 Å². The Morgan fingerprint density at radius 2 is 1.83 bits per heavy atom. The number of ketones is 1. The molecule has 1 amide bonds. The van der Waals surface area contributed by atoms with Crippen molar-refractivity contribution in [2.45, 2.75) is 19.4 Å². The number of rotatable bonds is 10. The number of carbonyl (C=O) groups excluding carboxylic acids is 2. The molecule has 1 aliphatic heterocycles. The van der Waals surface area contributed by atoms with E-state index in [0.29, 0.717) is 36.6 Å². The Kier molecular flexibility index (Phi) is 8.64. The van der Waals surface area contributed by atoms with Gasteiger partial charge in [0.25, 0.3) is 11.7 Å². The predicted molar refractivity (Wildman–Crippen MR) is 134 cm³/mol. The SMILES string of the molecule is CCOc1cccc(C2/C(=C(\O)c3cc(OC)c(Cl)cc3OC)C(=O)C(=O)N2CCCN(C)C)c1. The molecule has 8 nitrogen and oxygen atoms in total. The summed E-state index contributed by atoms with van der Waals surface area (Å²) in [5.41, 5.74) is 0.823. The van der Waals surface area contributed by atoms with E-state index in [2.05, 4.69) is 0 Å². The number of ether oxygens (including phenoxy) is 3. The summed E-state index contributed by atoms with van der Waals surface area (Å²) in [6.45, 7) is 3.41. The van der Waals surface area contributed by atoms with Crippen molar-refractivity contribution in [1.29, 1.82) is 0 Å². The second-order valence-corrected chi connectivity index (χ2v) is 8.75. The number of hydrogen-bond donors (Lipinski definition) is 1. The Hall–Kier alpha value is -3.23. The van der Waals surface area contributed by atoms with Crippen LogP contribution in [0.3, 0.4) is 0 Å². The zero-order valence-electron chi connectivity index (χ0n) is 20.6. The molecular weight excluding hydrogens is 472 g/mol. The normalized spacial score (nSPS) is 17.2. The summed E-state index contributed by atoms with van der Waals surface area (Å²) < 4.78 is 16.3. The molecule has 2 aromatic rings. The van der Waals surface area contributed by atoms with Crippen molar-refractivity contribution in [2.75, 3.05) is 48.0 Å². The highest BCUT2D eigenvalue weighted by Gasteiger charge is 2.46. The molecule has 0 aromatic heterocycles. The van der Waals surface area contributed by atoms with Crippen molar-refractivity contribution in [1.82, 2.24) is 9.80 Å². The number of methoxy groups -OCH3 is 2. The number of Topliss-reactive ketones (excluding diaryl/α,β-unsaturated/α-hetero) is 1. The summed E-state index contributed by atoms with van der Waals surface area (Å²) in [5.74, 6) is -0.656. The molecule has 0 spiro atoms. The van der Waals surface area contributed by atoms with E-state index in [1.807, 2.05) is 32.0 Å². The number of carbonyl (C=O) groups is 2. The van der Waals surface area contributed by atoms with E-state index in [4.69, 9.17) is 25.8 Å². The van der Waals surface area contributed by atoms with Gasteiger partial charge in [0, 0.05) is 12.6 Å². The molecule has 0 saturated carbocycles. The average molecular weight is 503 g/mol. The number of likely N-dealkylation sites (tertiary alicyclic amines) is 1. The Bertz CT molecular complexity index is 1130. The fraction of sp³-hybridized carbons (Fsp3) is 0.385. The molecule has 2 aromatic carbocycles. The van der Waals surface area contributed by atoms with Crippen LogP contribution in [-0.2, 0) is 9.59 Å². The van der Waals surface area contributed by atoms with Crippen LogP contribution in [-0.4, -0.2) is 74.6 Å². The van der Waals surface area contributed by atoms with E-state index in [1.165, 1.54) is 31.3 Å². The number of halogens is 1. The molecule has 1 N–H and O–H groups in total. The third kappa shape index (κ3) is 5.55. The van der Waals surface area contributed by atoms with Crippen LogP contribution in [0.25, 0.3) is 5.76 Å². The van der Waals surface area contributed by atoms with Gasteiger partial charge in [0.2, 0.25) is 0 Å². The van der Waals surface area contributed by atoms with Crippen LogP contribution in [0.1, 0.15) is 30.5 Å². The molecule has 0 radical (unpaired) electrons. The number of aliphatic hydroxyl groups excluding tert-OH is 1. The fourth-order valence-electron chi connectivity index (χ4n) is 4.15. The molecule has 1 aliphatic rings. The lowest BCUT2D eigenvalue weighted by molar-refractivity contribution is -0.139. The molecule has 1 fully saturated rings. The monoisotopic (exact) mass is 502 g/mol. The van der Waals surface area contributed by atoms with Crippen molar-refractivity contribution in [3.8, 4) is 17.2 Å². The molecule has 9 heteroatoms. The van der Waals surface area contributed by atoms with Crippen LogP contribution >= 0.6 is 11.6 Å². The quantitative estimate of drug-likeness (QED) is 0.297. The predicted octanol–water partition coefficient (Wildman–Crippen LogP) is 4.13. The first-order valence-electron chi connectivity index (χ1n) is 11.3. The minimum atomic E-state index is -0.802. The van der Waals surface area contributed by atoms with Gasteiger partial charge in [-0.3, -0.25) is 9.59 Å². The largest absolute Gasteiger partial charge is 0.507 e. The smallest absolute Gasteiger partial charge is 0.295 e. The number of amides is 1. The Labute approximate surface area is 210 Å². The Balaban J connectivity index is 2.20. The molecule has 0 aliphatic carbocycles. The zero-order valence-corrected chi connectivity index (χ0v) is 21.4. The number of benzene rings is 2. The van der Waals surface area contributed by atoms with Crippen LogP contribution in [0.15, 0.2) is 42.0 Å². The molecule has 3 rings (SSSR count). The standard InChI is InChI=1S/C26H31ClN2O6/c1-6-35-17-10-7-9-16(13-17)23-22(25(31)26(32)29(23)12-8-11-28(2)3)24(30)18-14-21(34-5)19(27)15-20(18)33-4/h7,9-10,13-15,23,30H,6,8,11-12H2,1-5H3/b24-22+. The lowest BCUT2D eigenvalue weighted by Gasteiger charge is -2.26. The number of nitrogens with zero attached hydrogens (tertiary/aromatic N) is 2. The molecule has 1 unspecified atom stereocenters. The number of aliphatic hydroxyl groups is 1. The Morgan fingerprint density at radius 3 is 2.46 bits per heavy atom. The summed E-state index contributed by atoms with van der Waals surface area (Å²) in [4.78, 5) is 30.0. The van der Waals surface area contributed by atoms with Crippen LogP contribution in [0.5, 0.6) is 17.2 Å². The van der Waals surface area contributed by atoms with Gasteiger partial charge >= 0.3 is 0 Å². The van der Waals surface area contributed by atoms with E-state index in [0.717, 1.165) is 6.54 Å². The van der Waals surface area contributed by atoms with Crippen molar-refractivity contribution in [3.05, 3.63) is 58.1 Å². The molecule has 35 heavy (non-hydrogen) atoms. The van der Waals surface area contributed by atoms with E-state index in [1.54, 1.807) is 18.2 Å². The molecule has 1 atom stereocenters. The Morgan fingerprint density at radius 1 is 1.11 bits per heavy atom. The average Bonchev–Trinajstić information content (AvgIpc) is 3.08. The van der Waals surface area contributed by atoms with E-state index in [-0.39, 0.29) is 27.7 Å². The van der Waals surface area contributed by atoms with Gasteiger partial charge in [-0.25, -0.2) is 0 Å². The van der Waals surface area contributed by atoms with Gasteiger partial charge in [-0.2, -0.15) is 0 Å². The minimum Gasteiger partial charge on any atom is -0.507 e. The molecule has 1 saturated heterocycles. The van der Waals surface area contributed by atoms with Crippen LogP contribution in [0.2, 0.25) is 5.02 Å². The molecular formula is C26H31ClN2O6. The van der Waals surface area contributed by atoms with Crippen molar-refractivity contribution in [3.63, 3.8) is 0 Å². The number of hydrogen-bond acceptors (Lipinski definition) is 7. The highest BCUT2D eigenvalue weighted by atomic mass is 35.5. The van der Waals surface area contributed by atoms with Gasteiger partial charge in [0.1, 0.15) is 23.0 Å². The van der Waals surface area contributed by atoms with Crippen molar-refractivity contribution >= 4 is 29.1 Å². The first-order valence-corrected chi connectivity index (χ1v) is 11.7. The maximum atomic E-state index is 13.3. The molecule has 1 heterocycles. The van der Waals surface area contributed by atoms with Gasteiger partial charge in [-0.15, -0.1) is 0 Å². The second-order valence-electron chi connectivity index (χ2n) is 8.34.